The van der Waals surface area contributed by atoms with E-state index in [1.807, 2.05) is 11.8 Å². The van der Waals surface area contributed by atoms with E-state index >= 15 is 0 Å². The van der Waals surface area contributed by atoms with E-state index in [1.165, 1.54) is 17.4 Å². The molecule has 27 heavy (non-hydrogen) atoms. The summed E-state index contributed by atoms with van der Waals surface area (Å²) in [6.07, 6.45) is 2.14. The maximum Gasteiger partial charge on any atom is 0.293 e. The van der Waals surface area contributed by atoms with Crippen LogP contribution in [0.4, 0.5) is 16.5 Å². The van der Waals surface area contributed by atoms with Crippen LogP contribution >= 0.6 is 23.1 Å². The number of hydrogen-bond acceptors (Lipinski definition) is 8. The predicted molar refractivity (Wildman–Crippen MR) is 108 cm³/mol. The summed E-state index contributed by atoms with van der Waals surface area (Å²) >= 11 is 2.83. The summed E-state index contributed by atoms with van der Waals surface area (Å²) in [5.74, 6) is 0.931. The van der Waals surface area contributed by atoms with Crippen LogP contribution in [-0.4, -0.2) is 39.9 Å². The van der Waals surface area contributed by atoms with Crippen molar-refractivity contribution in [3.05, 3.63) is 33.9 Å². The summed E-state index contributed by atoms with van der Waals surface area (Å²) < 4.78 is 0.772. The molecule has 1 amide bonds. The van der Waals surface area contributed by atoms with E-state index in [9.17, 15) is 14.9 Å². The number of carbonyl (C=O) groups is 1. The van der Waals surface area contributed by atoms with E-state index in [2.05, 4.69) is 22.4 Å². The molecular formula is C17H21N5O3S2. The number of nitrogens with zero attached hydrogens (tertiary/aromatic N) is 4. The second kappa shape index (κ2) is 8.66. The molecule has 1 saturated heterocycles. The van der Waals surface area contributed by atoms with Gasteiger partial charge < -0.3 is 4.90 Å². The van der Waals surface area contributed by atoms with E-state index in [4.69, 9.17) is 0 Å². The van der Waals surface area contributed by atoms with Crippen molar-refractivity contribution in [1.82, 2.24) is 10.2 Å². The molecule has 3 rings (SSSR count). The van der Waals surface area contributed by atoms with Gasteiger partial charge in [-0.2, -0.15) is 0 Å². The van der Waals surface area contributed by atoms with E-state index in [1.54, 1.807) is 23.9 Å². The molecular weight excluding hydrogens is 386 g/mol. The van der Waals surface area contributed by atoms with Gasteiger partial charge in [-0.3, -0.25) is 20.2 Å². The smallest absolute Gasteiger partial charge is 0.293 e. The Morgan fingerprint density at radius 3 is 3.00 bits per heavy atom. The zero-order valence-electron chi connectivity index (χ0n) is 15.2. The molecule has 0 spiro atoms. The number of rotatable bonds is 6. The number of anilines is 2. The van der Waals surface area contributed by atoms with Gasteiger partial charge in [0, 0.05) is 24.7 Å². The predicted octanol–water partition coefficient (Wildman–Crippen LogP) is 4.05. The highest BCUT2D eigenvalue weighted by Crippen LogP contribution is 2.33. The number of nitrogens with one attached hydrogen (secondary N) is 1. The van der Waals surface area contributed by atoms with Crippen molar-refractivity contribution in [2.75, 3.05) is 29.1 Å². The van der Waals surface area contributed by atoms with Gasteiger partial charge in [-0.25, -0.2) is 0 Å². The minimum atomic E-state index is -0.430. The van der Waals surface area contributed by atoms with Crippen molar-refractivity contribution in [1.29, 1.82) is 0 Å². The number of amides is 1. The molecule has 1 unspecified atom stereocenters. The summed E-state index contributed by atoms with van der Waals surface area (Å²) in [6.45, 7) is 5.73. The van der Waals surface area contributed by atoms with Crippen LogP contribution in [0.15, 0.2) is 22.5 Å². The first kappa shape index (κ1) is 19.6. The second-order valence-corrected chi connectivity index (χ2v) is 8.90. The van der Waals surface area contributed by atoms with Crippen LogP contribution in [-0.2, 0) is 0 Å². The summed E-state index contributed by atoms with van der Waals surface area (Å²) in [7, 11) is 0. The maximum atomic E-state index is 12.5. The van der Waals surface area contributed by atoms with Gasteiger partial charge in [0.25, 0.3) is 11.6 Å². The third kappa shape index (κ3) is 4.75. The van der Waals surface area contributed by atoms with Gasteiger partial charge in [0.1, 0.15) is 5.69 Å². The third-order valence-corrected chi connectivity index (χ3v) is 6.18. The number of thioether (sulfide) groups is 1. The molecule has 0 aliphatic carbocycles. The topological polar surface area (TPSA) is 101 Å². The molecule has 1 aliphatic rings. The fourth-order valence-electron chi connectivity index (χ4n) is 3.10. The Balaban J connectivity index is 1.80. The Morgan fingerprint density at radius 1 is 1.48 bits per heavy atom. The molecule has 1 N–H and O–H groups in total. The SMILES string of the molecule is CCSc1nnc(NC(=O)c2ccc(N3CCCC(C)C3)c([N+](=O)[O-])c2)s1. The lowest BCUT2D eigenvalue weighted by Gasteiger charge is -2.32. The van der Waals surface area contributed by atoms with Gasteiger partial charge in [0.15, 0.2) is 4.34 Å². The number of piperidine rings is 1. The molecule has 1 aromatic carbocycles. The van der Waals surface area contributed by atoms with E-state index in [0.717, 1.165) is 36.0 Å². The molecule has 1 aromatic heterocycles. The number of carbonyl (C=O) groups excluding carboxylic acids is 1. The highest BCUT2D eigenvalue weighted by Gasteiger charge is 2.25. The van der Waals surface area contributed by atoms with E-state index in [0.29, 0.717) is 16.7 Å². The molecule has 0 radical (unpaired) electrons. The standard InChI is InChI=1S/C17H21N5O3S2/c1-3-26-17-20-19-16(27-17)18-15(23)12-6-7-13(14(9-12)22(24)25)21-8-4-5-11(2)10-21/h6-7,9,11H,3-5,8,10H2,1-2H3,(H,18,19,23). The Labute approximate surface area is 165 Å². The van der Waals surface area contributed by atoms with Crippen LogP contribution in [0.2, 0.25) is 0 Å². The van der Waals surface area contributed by atoms with Gasteiger partial charge in [-0.05, 0) is 36.6 Å². The number of aromatic nitrogens is 2. The molecule has 1 fully saturated rings. The molecule has 0 bridgehead atoms. The van der Waals surface area contributed by atoms with E-state index in [-0.39, 0.29) is 11.3 Å². The largest absolute Gasteiger partial charge is 0.366 e. The Morgan fingerprint density at radius 2 is 2.30 bits per heavy atom. The van der Waals surface area contributed by atoms with Crippen LogP contribution in [0.25, 0.3) is 0 Å². The number of benzene rings is 1. The fourth-order valence-corrected chi connectivity index (χ4v) is 4.74. The number of nitro benzene ring substituents is 1. The maximum absolute atomic E-state index is 12.5. The lowest BCUT2D eigenvalue weighted by atomic mass is 9.99. The second-order valence-electron chi connectivity index (χ2n) is 6.41. The Kier molecular flexibility index (Phi) is 6.27. The van der Waals surface area contributed by atoms with Gasteiger partial charge >= 0.3 is 0 Å². The van der Waals surface area contributed by atoms with Crippen LogP contribution in [0.1, 0.15) is 37.0 Å². The first-order chi connectivity index (χ1) is 13.0. The molecule has 144 valence electrons. The average molecular weight is 408 g/mol. The molecule has 0 saturated carbocycles. The molecule has 1 aliphatic heterocycles. The molecule has 1 atom stereocenters. The Bertz CT molecular complexity index is 842. The molecule has 10 heteroatoms. The van der Waals surface area contributed by atoms with Crippen molar-refractivity contribution in [2.24, 2.45) is 5.92 Å². The lowest BCUT2D eigenvalue weighted by molar-refractivity contribution is -0.384. The van der Waals surface area contributed by atoms with Crippen molar-refractivity contribution < 1.29 is 9.72 Å². The van der Waals surface area contributed by atoms with Crippen LogP contribution < -0.4 is 10.2 Å². The number of hydrogen-bond donors (Lipinski definition) is 1. The van der Waals surface area contributed by atoms with Crippen molar-refractivity contribution in [3.8, 4) is 0 Å². The zero-order valence-corrected chi connectivity index (χ0v) is 16.8. The summed E-state index contributed by atoms with van der Waals surface area (Å²) in [5, 5.41) is 22.5. The highest BCUT2D eigenvalue weighted by molar-refractivity contribution is 8.01. The normalized spacial score (nSPS) is 17.0. The van der Waals surface area contributed by atoms with Crippen molar-refractivity contribution in [2.45, 2.75) is 31.0 Å². The van der Waals surface area contributed by atoms with Crippen LogP contribution in [0.3, 0.4) is 0 Å². The van der Waals surface area contributed by atoms with E-state index < -0.39 is 10.8 Å². The fraction of sp³-hybridized carbons (Fsp3) is 0.471. The summed E-state index contributed by atoms with van der Waals surface area (Å²) in [4.78, 5) is 25.7. The first-order valence-electron chi connectivity index (χ1n) is 8.79. The third-order valence-electron chi connectivity index (χ3n) is 4.33. The molecule has 2 aromatic rings. The first-order valence-corrected chi connectivity index (χ1v) is 10.6. The minimum absolute atomic E-state index is 0.0451. The van der Waals surface area contributed by atoms with Crippen LogP contribution in [0.5, 0.6) is 0 Å². The summed E-state index contributed by atoms with van der Waals surface area (Å²) in [6, 6.07) is 4.63. The average Bonchev–Trinajstić information content (AvgIpc) is 3.08. The number of nitro groups is 1. The zero-order chi connectivity index (χ0) is 19.4. The van der Waals surface area contributed by atoms with Gasteiger partial charge in [0.05, 0.1) is 4.92 Å². The minimum Gasteiger partial charge on any atom is -0.366 e. The lowest BCUT2D eigenvalue weighted by Crippen LogP contribution is -2.34. The van der Waals surface area contributed by atoms with Gasteiger partial charge in [-0.15, -0.1) is 10.2 Å². The van der Waals surface area contributed by atoms with Crippen LogP contribution in [0, 0.1) is 16.0 Å². The Hall–Kier alpha value is -2.20. The van der Waals surface area contributed by atoms with Crippen molar-refractivity contribution in [3.63, 3.8) is 0 Å². The van der Waals surface area contributed by atoms with Gasteiger partial charge in [-0.1, -0.05) is 36.9 Å². The summed E-state index contributed by atoms with van der Waals surface area (Å²) in [5.41, 5.74) is 0.757. The van der Waals surface area contributed by atoms with Gasteiger partial charge in [0.2, 0.25) is 5.13 Å². The molecule has 8 nitrogen and oxygen atoms in total. The quantitative estimate of drug-likeness (QED) is 0.334. The van der Waals surface area contributed by atoms with Crippen molar-refractivity contribution >= 4 is 45.5 Å². The highest BCUT2D eigenvalue weighted by atomic mass is 32.2. The molecule has 2 heterocycles. The monoisotopic (exact) mass is 407 g/mol.